The summed E-state index contributed by atoms with van der Waals surface area (Å²) in [6.07, 6.45) is -2.50. The van der Waals surface area contributed by atoms with Gasteiger partial charge in [-0.15, -0.1) is 0 Å². The Labute approximate surface area is 174 Å². The molecule has 1 aromatic carbocycles. The normalized spacial score (nSPS) is 7.22. The van der Waals surface area contributed by atoms with Crippen LogP contribution in [0.1, 0.15) is 0 Å². The van der Waals surface area contributed by atoms with E-state index in [1.807, 2.05) is 18.2 Å². The van der Waals surface area contributed by atoms with E-state index in [1.54, 1.807) is 18.3 Å². The number of carboxylic acid groups (broad SMARTS) is 4. The van der Waals surface area contributed by atoms with Gasteiger partial charge >= 0.3 is 59.1 Å². The molecule has 0 radical (unpaired) electrons. The Morgan fingerprint density at radius 2 is 1.30 bits per heavy atom. The summed E-state index contributed by atoms with van der Waals surface area (Å²) >= 11 is 0. The van der Waals surface area contributed by atoms with Gasteiger partial charge in [0, 0.05) is 11.6 Å². The zero-order valence-corrected chi connectivity index (χ0v) is 16.3. The van der Waals surface area contributed by atoms with E-state index in [2.05, 4.69) is 4.98 Å². The van der Waals surface area contributed by atoms with Crippen LogP contribution in [-0.4, -0.2) is 43.1 Å². The largest absolute Gasteiger partial charge is 1.00 e. The Balaban J connectivity index is -0.000000130. The molecule has 0 saturated carbocycles. The van der Waals surface area contributed by atoms with Crippen LogP contribution in [0.5, 0.6) is 5.75 Å². The maximum Gasteiger partial charge on any atom is 1.00 e. The molecule has 0 amide bonds. The summed E-state index contributed by atoms with van der Waals surface area (Å²) in [5, 5.41) is 52.9. The molecule has 12 heteroatoms. The van der Waals surface area contributed by atoms with Crippen LogP contribution in [0.2, 0.25) is 0 Å². The fourth-order valence-corrected chi connectivity index (χ4v) is 1.09. The van der Waals surface area contributed by atoms with Crippen LogP contribution in [0.15, 0.2) is 36.5 Å². The van der Waals surface area contributed by atoms with Crippen molar-refractivity contribution in [2.45, 2.75) is 0 Å². The first-order chi connectivity index (χ1) is 9.84. The van der Waals surface area contributed by atoms with Gasteiger partial charge in [-0.2, -0.15) is 0 Å². The first-order valence-electron chi connectivity index (χ1n) is 4.87. The molecule has 2 rings (SSSR count). The monoisotopic (exact) mass is 347 g/mol. The fourth-order valence-electron chi connectivity index (χ4n) is 1.09. The van der Waals surface area contributed by atoms with Crippen LogP contribution in [-0.2, 0) is 0 Å². The average molecular weight is 347 g/mol. The second kappa shape index (κ2) is 18.9. The molecule has 10 nitrogen and oxygen atoms in total. The summed E-state index contributed by atoms with van der Waals surface area (Å²) in [5.74, 6) is 0.239. The molecule has 1 heterocycles. The minimum atomic E-state index is -2.08. The molecule has 0 unspecified atom stereocenters. The molecular formula is C11H11NNa2O9. The summed E-state index contributed by atoms with van der Waals surface area (Å²) in [7, 11) is 0. The Kier molecular flexibility index (Phi) is 24.6. The summed E-state index contributed by atoms with van der Waals surface area (Å²) in [4.78, 5) is 20.9. The van der Waals surface area contributed by atoms with Gasteiger partial charge in [-0.1, -0.05) is 18.2 Å². The van der Waals surface area contributed by atoms with Crippen molar-refractivity contribution in [1.29, 1.82) is 0 Å². The molecule has 2 aromatic rings. The third kappa shape index (κ3) is 18.8. The standard InChI is InChI=1S/C9H7NO.2CH2O3.2Na.H2O2/c11-8-5-1-3-7-4-2-6-10-9(7)8;2*2-1(3)4;;;1-2/h1-6,11H;2*(H2,2,3,4);;;1-2H/q;;;2*+1;/p-2. The van der Waals surface area contributed by atoms with E-state index in [4.69, 9.17) is 40.5 Å². The number of para-hydroxylation sites is 1. The maximum atomic E-state index is 9.31. The number of aromatic nitrogens is 1. The van der Waals surface area contributed by atoms with Crippen molar-refractivity contribution in [1.82, 2.24) is 4.98 Å². The molecule has 0 aliphatic rings. The number of nitrogens with zero attached hydrogens (tertiary/aromatic N) is 1. The van der Waals surface area contributed by atoms with Gasteiger partial charge in [0.1, 0.15) is 11.3 Å². The first kappa shape index (κ1) is 29.8. The molecule has 0 fully saturated rings. The number of benzene rings is 1. The second-order valence-electron chi connectivity index (χ2n) is 2.88. The van der Waals surface area contributed by atoms with Crippen molar-refractivity contribution in [2.24, 2.45) is 0 Å². The molecule has 0 bridgehead atoms. The van der Waals surface area contributed by atoms with Crippen LogP contribution in [0.25, 0.3) is 10.9 Å². The quantitative estimate of drug-likeness (QED) is 0.174. The SMILES string of the molecule is O=C([O-])O.O=C([O-])O.OO.Oc1cccc2cccnc12.[Na+].[Na+]. The Hall–Kier alpha value is -1.11. The van der Waals surface area contributed by atoms with Crippen molar-refractivity contribution in [3.63, 3.8) is 0 Å². The second-order valence-corrected chi connectivity index (χ2v) is 2.88. The molecule has 0 aliphatic carbocycles. The van der Waals surface area contributed by atoms with Gasteiger partial charge < -0.3 is 35.1 Å². The number of hydrogen-bond donors (Lipinski definition) is 5. The number of fused-ring (bicyclic) bond motifs is 1. The Bertz CT molecular complexity index is 543. The Morgan fingerprint density at radius 3 is 1.70 bits per heavy atom. The minimum Gasteiger partial charge on any atom is -0.565 e. The average Bonchev–Trinajstić information content (AvgIpc) is 2.40. The van der Waals surface area contributed by atoms with E-state index >= 15 is 0 Å². The maximum absolute atomic E-state index is 9.31. The number of hydrogen-bond acceptors (Lipinski definition) is 8. The Morgan fingerprint density at radius 1 is 0.913 bits per heavy atom. The van der Waals surface area contributed by atoms with Crippen LogP contribution in [0.4, 0.5) is 9.59 Å². The summed E-state index contributed by atoms with van der Waals surface area (Å²) < 4.78 is 0. The third-order valence-electron chi connectivity index (χ3n) is 1.61. The summed E-state index contributed by atoms with van der Waals surface area (Å²) in [6, 6.07) is 9.13. The van der Waals surface area contributed by atoms with Gasteiger partial charge in [0.2, 0.25) is 12.3 Å². The number of phenols is 1. The van der Waals surface area contributed by atoms with E-state index in [-0.39, 0.29) is 64.9 Å². The zero-order valence-electron chi connectivity index (χ0n) is 12.3. The number of phenolic OH excluding ortho intramolecular Hbond substituents is 1. The van der Waals surface area contributed by atoms with Crippen molar-refractivity contribution < 1.29 is 105 Å². The minimum absolute atomic E-state index is 0. The first-order valence-corrected chi connectivity index (χ1v) is 4.87. The molecule has 23 heavy (non-hydrogen) atoms. The van der Waals surface area contributed by atoms with Crippen molar-refractivity contribution in [2.75, 3.05) is 0 Å². The molecule has 5 N–H and O–H groups in total. The molecule has 0 spiro atoms. The zero-order chi connectivity index (χ0) is 16.8. The predicted molar refractivity (Wildman–Crippen MR) is 64.7 cm³/mol. The van der Waals surface area contributed by atoms with Crippen molar-refractivity contribution in [3.05, 3.63) is 36.5 Å². The van der Waals surface area contributed by atoms with E-state index in [0.29, 0.717) is 5.52 Å². The van der Waals surface area contributed by atoms with E-state index in [1.165, 1.54) is 0 Å². The smallest absolute Gasteiger partial charge is 0.565 e. The number of pyridine rings is 1. The predicted octanol–water partition coefficient (Wildman–Crippen LogP) is -6.26. The molecule has 0 aliphatic heterocycles. The summed E-state index contributed by atoms with van der Waals surface area (Å²) in [5.41, 5.74) is 0.662. The number of aromatic hydroxyl groups is 1. The molecular weight excluding hydrogens is 336 g/mol. The third-order valence-corrected chi connectivity index (χ3v) is 1.61. The van der Waals surface area contributed by atoms with Crippen LogP contribution in [0.3, 0.4) is 0 Å². The van der Waals surface area contributed by atoms with E-state index in [0.717, 1.165) is 5.39 Å². The van der Waals surface area contributed by atoms with Crippen LogP contribution < -0.4 is 69.3 Å². The van der Waals surface area contributed by atoms with Gasteiger partial charge in [0.15, 0.2) is 0 Å². The molecule has 0 saturated heterocycles. The molecule has 0 atom stereocenters. The molecule has 1 aromatic heterocycles. The molecule has 116 valence electrons. The van der Waals surface area contributed by atoms with Crippen LogP contribution in [0, 0.1) is 0 Å². The van der Waals surface area contributed by atoms with Gasteiger partial charge in [-0.3, -0.25) is 15.5 Å². The van der Waals surface area contributed by atoms with Crippen molar-refractivity contribution in [3.8, 4) is 5.75 Å². The van der Waals surface area contributed by atoms with Gasteiger partial charge in [0.05, 0.1) is 0 Å². The van der Waals surface area contributed by atoms with Gasteiger partial charge in [-0.05, 0) is 12.1 Å². The van der Waals surface area contributed by atoms with Crippen molar-refractivity contribution >= 4 is 23.2 Å². The van der Waals surface area contributed by atoms with E-state index < -0.39 is 12.3 Å². The summed E-state index contributed by atoms with van der Waals surface area (Å²) in [6.45, 7) is 0. The van der Waals surface area contributed by atoms with Crippen LogP contribution >= 0.6 is 0 Å². The van der Waals surface area contributed by atoms with Gasteiger partial charge in [-0.25, -0.2) is 0 Å². The fraction of sp³-hybridized carbons (Fsp3) is 0. The number of rotatable bonds is 0. The number of carbonyl (C=O) groups is 2. The topological polar surface area (TPSA) is 194 Å². The van der Waals surface area contributed by atoms with Gasteiger partial charge in [0.25, 0.3) is 0 Å². The van der Waals surface area contributed by atoms with E-state index in [9.17, 15) is 5.11 Å².